The third-order valence-corrected chi connectivity index (χ3v) is 5.90. The van der Waals surface area contributed by atoms with Crippen LogP contribution in [0, 0.1) is 0 Å². The minimum absolute atomic E-state index is 0.104. The Balaban J connectivity index is 1.58. The Morgan fingerprint density at radius 2 is 1.96 bits per heavy atom. The van der Waals surface area contributed by atoms with Crippen molar-refractivity contribution in [1.82, 2.24) is 4.31 Å². The van der Waals surface area contributed by atoms with E-state index in [1.54, 1.807) is 12.1 Å². The van der Waals surface area contributed by atoms with Crippen molar-refractivity contribution in [3.05, 3.63) is 36.3 Å². The number of amides is 1. The number of sulfonamides is 1. The molecule has 2 heterocycles. The van der Waals surface area contributed by atoms with Crippen LogP contribution in [0.25, 0.3) is 0 Å². The number of rotatable bonds is 6. The highest BCUT2D eigenvalue weighted by atomic mass is 32.2. The Kier molecular flexibility index (Phi) is 5.97. The number of hydrogen-bond donors (Lipinski definition) is 1. The fraction of sp³-hybridized carbons (Fsp3) is 0.412. The first-order valence-electron chi connectivity index (χ1n) is 8.48. The van der Waals surface area contributed by atoms with Crippen molar-refractivity contribution in [3.63, 3.8) is 0 Å². The lowest BCUT2D eigenvalue weighted by molar-refractivity contribution is -0.148. The van der Waals surface area contributed by atoms with Gasteiger partial charge in [-0.2, -0.15) is 4.31 Å². The van der Waals surface area contributed by atoms with Gasteiger partial charge < -0.3 is 19.5 Å². The molecule has 0 saturated carbocycles. The molecular weight excluding hydrogens is 376 g/mol. The van der Waals surface area contributed by atoms with E-state index in [1.807, 2.05) is 0 Å². The molecule has 9 nitrogen and oxygen atoms in total. The van der Waals surface area contributed by atoms with Crippen LogP contribution in [0.3, 0.4) is 0 Å². The molecule has 2 aliphatic rings. The maximum absolute atomic E-state index is 12.6. The topological polar surface area (TPSA) is 111 Å². The van der Waals surface area contributed by atoms with Crippen LogP contribution in [-0.2, 0) is 33.8 Å². The van der Waals surface area contributed by atoms with Gasteiger partial charge in [0, 0.05) is 18.8 Å². The molecule has 2 aliphatic heterocycles. The molecule has 1 fully saturated rings. The second-order valence-corrected chi connectivity index (χ2v) is 7.90. The van der Waals surface area contributed by atoms with Gasteiger partial charge in [0.15, 0.2) is 6.61 Å². The van der Waals surface area contributed by atoms with Gasteiger partial charge in [0.1, 0.15) is 19.5 Å². The SMILES string of the molecule is O=C(COC(=O)C1=COCCO1)Nc1cccc(S(=O)(=O)N2CCCC2)c1. The summed E-state index contributed by atoms with van der Waals surface area (Å²) in [7, 11) is -3.58. The van der Waals surface area contributed by atoms with Crippen molar-refractivity contribution in [2.45, 2.75) is 17.7 Å². The van der Waals surface area contributed by atoms with Gasteiger partial charge >= 0.3 is 5.97 Å². The highest BCUT2D eigenvalue weighted by Crippen LogP contribution is 2.23. The first kappa shape index (κ1) is 19.2. The van der Waals surface area contributed by atoms with Crippen LogP contribution in [-0.4, -0.2) is 57.5 Å². The molecule has 0 bridgehead atoms. The minimum Gasteiger partial charge on any atom is -0.493 e. The summed E-state index contributed by atoms with van der Waals surface area (Å²) in [6.45, 7) is 1.02. The molecular formula is C17H20N2O7S. The number of anilines is 1. The van der Waals surface area contributed by atoms with Crippen LogP contribution in [0.1, 0.15) is 12.8 Å². The van der Waals surface area contributed by atoms with E-state index in [1.165, 1.54) is 16.4 Å². The maximum atomic E-state index is 12.6. The zero-order valence-corrected chi connectivity index (χ0v) is 15.4. The third-order valence-electron chi connectivity index (χ3n) is 4.01. The maximum Gasteiger partial charge on any atom is 0.377 e. The number of ether oxygens (including phenoxy) is 3. The first-order chi connectivity index (χ1) is 13.0. The number of carbonyl (C=O) groups is 2. The van der Waals surface area contributed by atoms with Crippen molar-refractivity contribution in [2.75, 3.05) is 38.2 Å². The Bertz CT molecular complexity index is 845. The predicted molar refractivity (Wildman–Crippen MR) is 94.0 cm³/mol. The van der Waals surface area contributed by atoms with Gasteiger partial charge in [0.05, 0.1) is 4.90 Å². The van der Waals surface area contributed by atoms with Crippen LogP contribution in [0.15, 0.2) is 41.2 Å². The standard InChI is InChI=1S/C17H20N2O7S/c20-16(12-26-17(21)15-11-24-8-9-25-15)18-13-4-3-5-14(10-13)27(22,23)19-6-1-2-7-19/h3-5,10-11H,1-2,6-9,12H2,(H,18,20). The van der Waals surface area contributed by atoms with Gasteiger partial charge in [-0.3, -0.25) is 4.79 Å². The zero-order valence-electron chi connectivity index (χ0n) is 14.5. The molecule has 1 aromatic carbocycles. The number of benzene rings is 1. The number of nitrogens with one attached hydrogen (secondary N) is 1. The molecule has 0 aliphatic carbocycles. The molecule has 0 atom stereocenters. The lowest BCUT2D eigenvalue weighted by Gasteiger charge is -2.16. The van der Waals surface area contributed by atoms with Crippen molar-refractivity contribution >= 4 is 27.6 Å². The minimum atomic E-state index is -3.58. The van der Waals surface area contributed by atoms with Crippen molar-refractivity contribution in [3.8, 4) is 0 Å². The summed E-state index contributed by atoms with van der Waals surface area (Å²) in [4.78, 5) is 23.8. The molecule has 1 N–H and O–H groups in total. The molecule has 1 aromatic rings. The highest BCUT2D eigenvalue weighted by Gasteiger charge is 2.27. The van der Waals surface area contributed by atoms with E-state index in [0.717, 1.165) is 19.1 Å². The van der Waals surface area contributed by atoms with E-state index in [-0.39, 0.29) is 17.3 Å². The fourth-order valence-corrected chi connectivity index (χ4v) is 4.25. The molecule has 0 spiro atoms. The summed E-state index contributed by atoms with van der Waals surface area (Å²) in [5, 5.41) is 2.51. The molecule has 1 saturated heterocycles. The second kappa shape index (κ2) is 8.40. The van der Waals surface area contributed by atoms with Crippen molar-refractivity contribution in [2.24, 2.45) is 0 Å². The monoisotopic (exact) mass is 396 g/mol. The van der Waals surface area contributed by atoms with Crippen molar-refractivity contribution < 1.29 is 32.2 Å². The Hall–Kier alpha value is -2.59. The molecule has 10 heteroatoms. The normalized spacial score (nSPS) is 17.4. The number of hydrogen-bond acceptors (Lipinski definition) is 7. The summed E-state index contributed by atoms with van der Waals surface area (Å²) in [5.41, 5.74) is 0.299. The number of carbonyl (C=O) groups excluding carboxylic acids is 2. The van der Waals surface area contributed by atoms with Crippen LogP contribution in [0.4, 0.5) is 5.69 Å². The van der Waals surface area contributed by atoms with Gasteiger partial charge in [-0.1, -0.05) is 6.07 Å². The van der Waals surface area contributed by atoms with E-state index >= 15 is 0 Å². The van der Waals surface area contributed by atoms with E-state index < -0.39 is 28.5 Å². The Morgan fingerprint density at radius 1 is 1.19 bits per heavy atom. The molecule has 146 valence electrons. The summed E-state index contributed by atoms with van der Waals surface area (Å²) < 4.78 is 41.4. The van der Waals surface area contributed by atoms with Crippen molar-refractivity contribution in [1.29, 1.82) is 0 Å². The van der Waals surface area contributed by atoms with Crippen LogP contribution >= 0.6 is 0 Å². The van der Waals surface area contributed by atoms with Gasteiger partial charge in [0.25, 0.3) is 5.91 Å². The molecule has 1 amide bonds. The predicted octanol–water partition coefficient (Wildman–Crippen LogP) is 0.841. The molecule has 27 heavy (non-hydrogen) atoms. The van der Waals surface area contributed by atoms with Gasteiger partial charge in [-0.25, -0.2) is 13.2 Å². The highest BCUT2D eigenvalue weighted by molar-refractivity contribution is 7.89. The largest absolute Gasteiger partial charge is 0.493 e. The summed E-state index contributed by atoms with van der Waals surface area (Å²) >= 11 is 0. The summed E-state index contributed by atoms with van der Waals surface area (Å²) in [6.07, 6.45) is 2.81. The van der Waals surface area contributed by atoms with E-state index in [9.17, 15) is 18.0 Å². The molecule has 0 radical (unpaired) electrons. The Morgan fingerprint density at radius 3 is 2.67 bits per heavy atom. The van der Waals surface area contributed by atoms with Gasteiger partial charge in [-0.15, -0.1) is 0 Å². The van der Waals surface area contributed by atoms with E-state index in [2.05, 4.69) is 5.32 Å². The van der Waals surface area contributed by atoms with E-state index in [0.29, 0.717) is 25.4 Å². The summed E-state index contributed by atoms with van der Waals surface area (Å²) in [6, 6.07) is 5.97. The molecule has 0 unspecified atom stereocenters. The van der Waals surface area contributed by atoms with Gasteiger partial charge in [-0.05, 0) is 31.0 Å². The van der Waals surface area contributed by atoms with Gasteiger partial charge in [0.2, 0.25) is 15.8 Å². The Labute approximate surface area is 156 Å². The smallest absolute Gasteiger partial charge is 0.377 e. The lowest BCUT2D eigenvalue weighted by Crippen LogP contribution is -2.28. The number of nitrogens with zero attached hydrogens (tertiary/aromatic N) is 1. The molecule has 0 aromatic heterocycles. The van der Waals surface area contributed by atoms with E-state index in [4.69, 9.17) is 14.2 Å². The van der Waals surface area contributed by atoms with Crippen LogP contribution in [0.2, 0.25) is 0 Å². The second-order valence-electron chi connectivity index (χ2n) is 5.96. The number of esters is 1. The van der Waals surface area contributed by atoms with Crippen LogP contribution in [0.5, 0.6) is 0 Å². The quantitative estimate of drug-likeness (QED) is 0.709. The lowest BCUT2D eigenvalue weighted by atomic mass is 10.3. The third kappa shape index (κ3) is 4.77. The first-order valence-corrected chi connectivity index (χ1v) is 9.92. The average Bonchev–Trinajstić information content (AvgIpc) is 3.23. The summed E-state index contributed by atoms with van der Waals surface area (Å²) in [5.74, 6) is -1.51. The average molecular weight is 396 g/mol. The molecule has 3 rings (SSSR count). The van der Waals surface area contributed by atoms with Crippen LogP contribution < -0.4 is 5.32 Å². The zero-order chi connectivity index (χ0) is 19.3. The fourth-order valence-electron chi connectivity index (χ4n) is 2.69.